The van der Waals surface area contributed by atoms with Crippen molar-refractivity contribution in [2.75, 3.05) is 12.3 Å². The zero-order chi connectivity index (χ0) is 13.4. The molecule has 3 rings (SSSR count). The van der Waals surface area contributed by atoms with E-state index in [1.54, 1.807) is 0 Å². The van der Waals surface area contributed by atoms with Crippen LogP contribution in [-0.2, 0) is 6.42 Å². The molecule has 98 valence electrons. The van der Waals surface area contributed by atoms with Gasteiger partial charge in [-0.1, -0.05) is 12.1 Å². The van der Waals surface area contributed by atoms with Gasteiger partial charge < -0.3 is 10.5 Å². The fraction of sp³-hybridized carbons (Fsp3) is 0.333. The molecule has 0 fully saturated rings. The summed E-state index contributed by atoms with van der Waals surface area (Å²) in [4.78, 5) is 0. The molecule has 0 aliphatic carbocycles. The number of aryl methyl sites for hydroxylation is 1. The van der Waals surface area contributed by atoms with E-state index in [0.29, 0.717) is 5.82 Å². The first-order chi connectivity index (χ1) is 9.18. The van der Waals surface area contributed by atoms with Crippen LogP contribution in [0.4, 0.5) is 5.82 Å². The average molecular weight is 255 g/mol. The van der Waals surface area contributed by atoms with E-state index in [9.17, 15) is 0 Å². The van der Waals surface area contributed by atoms with Crippen LogP contribution in [0.15, 0.2) is 18.2 Å². The van der Waals surface area contributed by atoms with Gasteiger partial charge in [0.25, 0.3) is 0 Å². The maximum Gasteiger partial charge on any atom is 0.149 e. The lowest BCUT2D eigenvalue weighted by Crippen LogP contribution is -2.10. The molecule has 2 aromatic rings. The number of rotatable bonds is 1. The smallest absolute Gasteiger partial charge is 0.149 e. The summed E-state index contributed by atoms with van der Waals surface area (Å²) in [6.07, 6.45) is 2.13. The van der Waals surface area contributed by atoms with Gasteiger partial charge in [-0.15, -0.1) is 10.2 Å². The highest BCUT2D eigenvalue weighted by molar-refractivity contribution is 5.73. The molecule has 0 radical (unpaired) electrons. The molecule has 19 heavy (non-hydrogen) atoms. The van der Waals surface area contributed by atoms with E-state index >= 15 is 0 Å². The second-order valence-electron chi connectivity index (χ2n) is 4.93. The van der Waals surface area contributed by atoms with Crippen LogP contribution < -0.4 is 10.5 Å². The van der Waals surface area contributed by atoms with Crippen LogP contribution in [0.25, 0.3) is 11.3 Å². The lowest BCUT2D eigenvalue weighted by atomic mass is 9.97. The zero-order valence-electron chi connectivity index (χ0n) is 11.2. The summed E-state index contributed by atoms with van der Waals surface area (Å²) in [5.74, 6) is 1.45. The maximum absolute atomic E-state index is 5.84. The summed E-state index contributed by atoms with van der Waals surface area (Å²) in [7, 11) is 0. The van der Waals surface area contributed by atoms with Crippen molar-refractivity contribution in [3.8, 4) is 17.0 Å². The molecule has 0 saturated carbocycles. The Morgan fingerprint density at radius 1 is 1.16 bits per heavy atom. The molecule has 4 nitrogen and oxygen atoms in total. The van der Waals surface area contributed by atoms with Gasteiger partial charge in [-0.2, -0.15) is 0 Å². The van der Waals surface area contributed by atoms with Gasteiger partial charge >= 0.3 is 0 Å². The van der Waals surface area contributed by atoms with E-state index in [2.05, 4.69) is 22.3 Å². The fourth-order valence-corrected chi connectivity index (χ4v) is 2.45. The van der Waals surface area contributed by atoms with Crippen LogP contribution in [0.3, 0.4) is 0 Å². The minimum Gasteiger partial charge on any atom is -0.493 e. The molecule has 1 aromatic heterocycles. The van der Waals surface area contributed by atoms with Gasteiger partial charge in [0.1, 0.15) is 11.6 Å². The number of hydrogen-bond donors (Lipinski definition) is 1. The number of nitrogen functional groups attached to an aromatic ring is 1. The molecule has 1 aliphatic heterocycles. The van der Waals surface area contributed by atoms with Crippen molar-refractivity contribution in [2.24, 2.45) is 0 Å². The Kier molecular flexibility index (Phi) is 2.85. The normalized spacial score (nSPS) is 13.8. The van der Waals surface area contributed by atoms with Gasteiger partial charge in [-0.3, -0.25) is 0 Å². The molecule has 0 spiro atoms. The first-order valence-electron chi connectivity index (χ1n) is 6.53. The van der Waals surface area contributed by atoms with Crippen molar-refractivity contribution in [2.45, 2.75) is 26.7 Å². The van der Waals surface area contributed by atoms with Crippen molar-refractivity contribution < 1.29 is 4.74 Å². The SMILES string of the molecule is Cc1c(N)nnc(-c2cccc3c2OCCC3)c1C. The highest BCUT2D eigenvalue weighted by Crippen LogP contribution is 2.37. The average Bonchev–Trinajstić information content (AvgIpc) is 2.45. The summed E-state index contributed by atoms with van der Waals surface area (Å²) in [6.45, 7) is 4.77. The Labute approximate surface area is 112 Å². The van der Waals surface area contributed by atoms with Crippen LogP contribution in [-0.4, -0.2) is 16.8 Å². The van der Waals surface area contributed by atoms with E-state index in [4.69, 9.17) is 10.5 Å². The number of nitrogens with zero attached hydrogens (tertiary/aromatic N) is 2. The summed E-state index contributed by atoms with van der Waals surface area (Å²) in [5, 5.41) is 8.30. The summed E-state index contributed by atoms with van der Waals surface area (Å²) >= 11 is 0. The van der Waals surface area contributed by atoms with Crippen molar-refractivity contribution in [1.29, 1.82) is 0 Å². The molecule has 0 saturated heterocycles. The van der Waals surface area contributed by atoms with Gasteiger partial charge in [0.15, 0.2) is 0 Å². The molecule has 2 N–H and O–H groups in total. The van der Waals surface area contributed by atoms with E-state index in [-0.39, 0.29) is 0 Å². The molecule has 0 unspecified atom stereocenters. The minimum absolute atomic E-state index is 0.493. The monoisotopic (exact) mass is 255 g/mol. The van der Waals surface area contributed by atoms with Crippen LogP contribution in [0.1, 0.15) is 23.1 Å². The Morgan fingerprint density at radius 3 is 2.84 bits per heavy atom. The topological polar surface area (TPSA) is 61.0 Å². The van der Waals surface area contributed by atoms with Gasteiger partial charge in [-0.25, -0.2) is 0 Å². The second kappa shape index (κ2) is 4.53. The van der Waals surface area contributed by atoms with Crippen molar-refractivity contribution in [1.82, 2.24) is 10.2 Å². The van der Waals surface area contributed by atoms with Gasteiger partial charge in [-0.05, 0) is 49.4 Å². The Balaban J connectivity index is 2.20. The molecule has 4 heteroatoms. The molecule has 2 heterocycles. The van der Waals surface area contributed by atoms with Crippen molar-refractivity contribution in [3.05, 3.63) is 34.9 Å². The first kappa shape index (κ1) is 12.0. The third kappa shape index (κ3) is 1.93. The highest BCUT2D eigenvalue weighted by atomic mass is 16.5. The largest absolute Gasteiger partial charge is 0.493 e. The molecular weight excluding hydrogens is 238 g/mol. The van der Waals surface area contributed by atoms with E-state index in [1.807, 2.05) is 19.9 Å². The Hall–Kier alpha value is -2.10. The number of benzene rings is 1. The summed E-state index contributed by atoms with van der Waals surface area (Å²) in [6, 6.07) is 6.21. The Bertz CT molecular complexity index is 638. The molecule has 1 aromatic carbocycles. The Morgan fingerprint density at radius 2 is 2.00 bits per heavy atom. The number of nitrogens with two attached hydrogens (primary N) is 1. The van der Waals surface area contributed by atoms with E-state index in [0.717, 1.165) is 47.6 Å². The second-order valence-corrected chi connectivity index (χ2v) is 4.93. The highest BCUT2D eigenvalue weighted by Gasteiger charge is 2.19. The quantitative estimate of drug-likeness (QED) is 0.851. The van der Waals surface area contributed by atoms with Crippen LogP contribution in [0.5, 0.6) is 5.75 Å². The zero-order valence-corrected chi connectivity index (χ0v) is 11.2. The van der Waals surface area contributed by atoms with Gasteiger partial charge in [0.2, 0.25) is 0 Å². The van der Waals surface area contributed by atoms with Crippen LogP contribution >= 0.6 is 0 Å². The predicted molar refractivity (Wildman–Crippen MR) is 75.2 cm³/mol. The van der Waals surface area contributed by atoms with Crippen LogP contribution in [0, 0.1) is 13.8 Å². The first-order valence-corrected chi connectivity index (χ1v) is 6.53. The van der Waals surface area contributed by atoms with Crippen molar-refractivity contribution >= 4 is 5.82 Å². The standard InChI is InChI=1S/C15H17N3O/c1-9-10(2)15(16)18-17-13(9)12-7-3-5-11-6-4-8-19-14(11)12/h3,5,7H,4,6,8H2,1-2H3,(H2,16,18). The number of para-hydroxylation sites is 1. The van der Waals surface area contributed by atoms with Crippen LogP contribution in [0.2, 0.25) is 0 Å². The fourth-order valence-electron chi connectivity index (χ4n) is 2.45. The number of ether oxygens (including phenoxy) is 1. The minimum atomic E-state index is 0.493. The third-order valence-corrected chi connectivity index (χ3v) is 3.75. The molecule has 0 atom stereocenters. The lowest BCUT2D eigenvalue weighted by Gasteiger charge is -2.20. The summed E-state index contributed by atoms with van der Waals surface area (Å²) in [5.41, 5.74) is 11.0. The van der Waals surface area contributed by atoms with E-state index in [1.165, 1.54) is 5.56 Å². The molecule has 0 bridgehead atoms. The predicted octanol–water partition coefficient (Wildman–Crippen LogP) is 2.67. The van der Waals surface area contributed by atoms with Gasteiger partial charge in [0, 0.05) is 5.56 Å². The third-order valence-electron chi connectivity index (χ3n) is 3.75. The van der Waals surface area contributed by atoms with Crippen molar-refractivity contribution in [3.63, 3.8) is 0 Å². The lowest BCUT2D eigenvalue weighted by molar-refractivity contribution is 0.289. The summed E-state index contributed by atoms with van der Waals surface area (Å²) < 4.78 is 5.84. The van der Waals surface area contributed by atoms with E-state index < -0.39 is 0 Å². The number of fused-ring (bicyclic) bond motifs is 1. The molecule has 1 aliphatic rings. The van der Waals surface area contributed by atoms with Gasteiger partial charge in [0.05, 0.1) is 12.3 Å². The number of anilines is 1. The maximum atomic E-state index is 5.84. The number of hydrogen-bond acceptors (Lipinski definition) is 4. The number of aromatic nitrogens is 2. The molecule has 0 amide bonds. The molecular formula is C15H17N3O.